The third-order valence-electron chi connectivity index (χ3n) is 3.53. The summed E-state index contributed by atoms with van der Waals surface area (Å²) in [4.78, 5) is 0. The highest BCUT2D eigenvalue weighted by Gasteiger charge is 2.41. The third kappa shape index (κ3) is 2.55. The number of hydrogen-bond donors (Lipinski definition) is 2. The highest BCUT2D eigenvalue weighted by Crippen LogP contribution is 2.36. The van der Waals surface area contributed by atoms with Gasteiger partial charge in [0.15, 0.2) is 0 Å². The standard InChI is InChI=1S/C13H18BrNO2/c1-9-5-11(7-16)13(15,8-17-9)10-3-2-4-12(14)6-10/h2-4,6,9,11,16H,5,7-8,15H2,1H3/t9-,11-,13+/m0/s1. The molecule has 3 nitrogen and oxygen atoms in total. The lowest BCUT2D eigenvalue weighted by atomic mass is 9.75. The van der Waals surface area contributed by atoms with Crippen LogP contribution in [0.15, 0.2) is 28.7 Å². The Morgan fingerprint density at radius 2 is 2.35 bits per heavy atom. The maximum Gasteiger partial charge on any atom is 0.0698 e. The first-order valence-electron chi connectivity index (χ1n) is 5.83. The minimum Gasteiger partial charge on any atom is -0.396 e. The van der Waals surface area contributed by atoms with E-state index < -0.39 is 5.54 Å². The molecule has 0 unspecified atom stereocenters. The Morgan fingerprint density at radius 1 is 1.59 bits per heavy atom. The van der Waals surface area contributed by atoms with E-state index in [4.69, 9.17) is 10.5 Å². The van der Waals surface area contributed by atoms with Crippen LogP contribution < -0.4 is 5.73 Å². The Hall–Kier alpha value is -0.420. The van der Waals surface area contributed by atoms with Crippen LogP contribution in [0.3, 0.4) is 0 Å². The molecule has 3 N–H and O–H groups in total. The molecule has 1 heterocycles. The summed E-state index contributed by atoms with van der Waals surface area (Å²) in [5.41, 5.74) is 6.88. The van der Waals surface area contributed by atoms with Crippen LogP contribution in [0, 0.1) is 5.92 Å². The molecule has 0 radical (unpaired) electrons. The summed E-state index contributed by atoms with van der Waals surface area (Å²) in [6.07, 6.45) is 0.954. The molecule has 1 aromatic rings. The maximum atomic E-state index is 9.53. The van der Waals surface area contributed by atoms with E-state index in [1.165, 1.54) is 0 Å². The van der Waals surface area contributed by atoms with Crippen LogP contribution in [0.1, 0.15) is 18.9 Å². The Morgan fingerprint density at radius 3 is 3.00 bits per heavy atom. The zero-order valence-electron chi connectivity index (χ0n) is 9.90. The van der Waals surface area contributed by atoms with Gasteiger partial charge >= 0.3 is 0 Å². The van der Waals surface area contributed by atoms with Crippen molar-refractivity contribution in [1.29, 1.82) is 0 Å². The molecule has 0 amide bonds. The number of aliphatic hydroxyl groups excluding tert-OH is 1. The van der Waals surface area contributed by atoms with E-state index in [1.54, 1.807) is 0 Å². The van der Waals surface area contributed by atoms with Crippen LogP contribution in [0.25, 0.3) is 0 Å². The molecule has 1 saturated heterocycles. The van der Waals surface area contributed by atoms with Gasteiger partial charge in [-0.25, -0.2) is 0 Å². The molecule has 1 aliphatic heterocycles. The number of rotatable bonds is 2. The van der Waals surface area contributed by atoms with Crippen LogP contribution in [-0.4, -0.2) is 24.4 Å². The highest BCUT2D eigenvalue weighted by atomic mass is 79.9. The first kappa shape index (κ1) is 13.0. The average Bonchev–Trinajstić information content (AvgIpc) is 2.32. The molecule has 0 bridgehead atoms. The number of benzene rings is 1. The average molecular weight is 300 g/mol. The van der Waals surface area contributed by atoms with E-state index >= 15 is 0 Å². The fraction of sp³-hybridized carbons (Fsp3) is 0.538. The molecule has 1 aromatic carbocycles. The van der Waals surface area contributed by atoms with Crippen LogP contribution in [0.5, 0.6) is 0 Å². The van der Waals surface area contributed by atoms with Crippen molar-refractivity contribution >= 4 is 15.9 Å². The van der Waals surface area contributed by atoms with Crippen molar-refractivity contribution in [3.8, 4) is 0 Å². The van der Waals surface area contributed by atoms with E-state index in [0.717, 1.165) is 16.5 Å². The van der Waals surface area contributed by atoms with Gasteiger partial charge in [-0.2, -0.15) is 0 Å². The topological polar surface area (TPSA) is 55.5 Å². The van der Waals surface area contributed by atoms with Crippen molar-refractivity contribution in [3.05, 3.63) is 34.3 Å². The van der Waals surface area contributed by atoms with Crippen molar-refractivity contribution < 1.29 is 9.84 Å². The Balaban J connectivity index is 2.33. The Kier molecular flexibility index (Phi) is 3.88. The third-order valence-corrected chi connectivity index (χ3v) is 4.03. The van der Waals surface area contributed by atoms with Crippen molar-refractivity contribution in [2.24, 2.45) is 11.7 Å². The van der Waals surface area contributed by atoms with Crippen LogP contribution >= 0.6 is 15.9 Å². The Labute approximate surface area is 110 Å². The zero-order chi connectivity index (χ0) is 12.5. The van der Waals surface area contributed by atoms with Crippen molar-refractivity contribution in [2.45, 2.75) is 25.0 Å². The number of ether oxygens (including phenoxy) is 1. The molecule has 0 spiro atoms. The van der Waals surface area contributed by atoms with Gasteiger partial charge in [-0.1, -0.05) is 28.1 Å². The number of halogens is 1. The van der Waals surface area contributed by atoms with E-state index in [9.17, 15) is 5.11 Å². The van der Waals surface area contributed by atoms with Gasteiger partial charge in [0, 0.05) is 17.0 Å². The van der Waals surface area contributed by atoms with Crippen LogP contribution in [-0.2, 0) is 10.3 Å². The largest absolute Gasteiger partial charge is 0.396 e. The molecule has 94 valence electrons. The fourth-order valence-electron chi connectivity index (χ4n) is 2.41. The van der Waals surface area contributed by atoms with Crippen molar-refractivity contribution in [3.63, 3.8) is 0 Å². The summed E-state index contributed by atoms with van der Waals surface area (Å²) in [6, 6.07) is 7.92. The first-order valence-corrected chi connectivity index (χ1v) is 6.63. The number of nitrogens with two attached hydrogens (primary N) is 1. The molecule has 1 fully saturated rings. The summed E-state index contributed by atoms with van der Waals surface area (Å²) in [6.45, 7) is 2.57. The van der Waals surface area contributed by atoms with Crippen molar-refractivity contribution in [2.75, 3.05) is 13.2 Å². The first-order chi connectivity index (χ1) is 8.06. The molecular weight excluding hydrogens is 282 g/mol. The predicted molar refractivity (Wildman–Crippen MR) is 70.6 cm³/mol. The molecular formula is C13H18BrNO2. The van der Waals surface area contributed by atoms with Gasteiger partial charge in [-0.15, -0.1) is 0 Å². The normalized spacial score (nSPS) is 33.6. The minimum atomic E-state index is -0.592. The molecule has 2 rings (SSSR count). The summed E-state index contributed by atoms with van der Waals surface area (Å²) in [5, 5.41) is 9.53. The fourth-order valence-corrected chi connectivity index (χ4v) is 2.81. The quantitative estimate of drug-likeness (QED) is 0.878. The predicted octanol–water partition coefficient (Wildman–Crippen LogP) is 2.02. The number of hydrogen-bond acceptors (Lipinski definition) is 3. The number of aliphatic hydroxyl groups is 1. The monoisotopic (exact) mass is 299 g/mol. The van der Waals surface area contributed by atoms with Crippen LogP contribution in [0.4, 0.5) is 0 Å². The summed E-state index contributed by atoms with van der Waals surface area (Å²) < 4.78 is 6.66. The van der Waals surface area contributed by atoms with Gasteiger partial charge in [-0.05, 0) is 31.0 Å². The molecule has 17 heavy (non-hydrogen) atoms. The molecule has 0 aromatic heterocycles. The molecule has 3 atom stereocenters. The molecule has 1 aliphatic rings. The van der Waals surface area contributed by atoms with E-state index in [2.05, 4.69) is 15.9 Å². The summed E-state index contributed by atoms with van der Waals surface area (Å²) >= 11 is 3.45. The lowest BCUT2D eigenvalue weighted by Crippen LogP contribution is -2.54. The summed E-state index contributed by atoms with van der Waals surface area (Å²) in [7, 11) is 0. The second-order valence-electron chi connectivity index (χ2n) is 4.79. The van der Waals surface area contributed by atoms with Gasteiger partial charge in [0.05, 0.1) is 18.2 Å². The van der Waals surface area contributed by atoms with Crippen molar-refractivity contribution in [1.82, 2.24) is 0 Å². The van der Waals surface area contributed by atoms with Crippen LogP contribution in [0.2, 0.25) is 0 Å². The van der Waals surface area contributed by atoms with E-state index in [-0.39, 0.29) is 18.6 Å². The van der Waals surface area contributed by atoms with Gasteiger partial charge in [0.1, 0.15) is 0 Å². The maximum absolute atomic E-state index is 9.53. The van der Waals surface area contributed by atoms with Gasteiger partial charge in [-0.3, -0.25) is 0 Å². The minimum absolute atomic E-state index is 0.0422. The smallest absolute Gasteiger partial charge is 0.0698 e. The lowest BCUT2D eigenvalue weighted by molar-refractivity contribution is -0.0669. The van der Waals surface area contributed by atoms with E-state index in [0.29, 0.717) is 6.61 Å². The zero-order valence-corrected chi connectivity index (χ0v) is 11.5. The van der Waals surface area contributed by atoms with Gasteiger partial charge in [0.25, 0.3) is 0 Å². The molecule has 0 saturated carbocycles. The van der Waals surface area contributed by atoms with Gasteiger partial charge < -0.3 is 15.6 Å². The van der Waals surface area contributed by atoms with E-state index in [1.807, 2.05) is 31.2 Å². The summed E-state index contributed by atoms with van der Waals surface area (Å²) in [5.74, 6) is 0.0422. The second kappa shape index (κ2) is 5.06. The lowest BCUT2D eigenvalue weighted by Gasteiger charge is -2.43. The second-order valence-corrected chi connectivity index (χ2v) is 5.70. The SMILES string of the molecule is C[C@H]1C[C@@H](CO)[C@](N)(c2cccc(Br)c2)CO1. The molecule has 4 heteroatoms. The highest BCUT2D eigenvalue weighted by molar-refractivity contribution is 9.10. The Bertz CT molecular complexity index is 399. The van der Waals surface area contributed by atoms with Gasteiger partial charge in [0.2, 0.25) is 0 Å². The molecule has 0 aliphatic carbocycles.